The number of fused-ring (bicyclic) bond motifs is 4. The van der Waals surface area contributed by atoms with Gasteiger partial charge < -0.3 is 14.5 Å². The van der Waals surface area contributed by atoms with Gasteiger partial charge in [0.15, 0.2) is 6.10 Å². The predicted octanol–water partition coefficient (Wildman–Crippen LogP) is 5.87. The number of rotatable bonds is 4. The van der Waals surface area contributed by atoms with Crippen molar-refractivity contribution in [2.24, 2.45) is 0 Å². The quantitative estimate of drug-likeness (QED) is 0.478. The number of aryl methyl sites for hydroxylation is 1. The van der Waals surface area contributed by atoms with E-state index in [2.05, 4.69) is 11.4 Å². The van der Waals surface area contributed by atoms with Crippen LogP contribution >= 0.6 is 0 Å². The van der Waals surface area contributed by atoms with Crippen molar-refractivity contribution >= 4 is 33.5 Å². The number of amides is 1. The molecule has 4 heteroatoms. The van der Waals surface area contributed by atoms with Crippen LogP contribution in [-0.4, -0.2) is 12.0 Å². The molecule has 1 aliphatic carbocycles. The average Bonchev–Trinajstić information content (AvgIpc) is 3.11. The summed E-state index contributed by atoms with van der Waals surface area (Å²) in [6, 6.07) is 19.8. The van der Waals surface area contributed by atoms with Gasteiger partial charge in [-0.3, -0.25) is 4.79 Å². The van der Waals surface area contributed by atoms with E-state index in [9.17, 15) is 4.79 Å². The van der Waals surface area contributed by atoms with Gasteiger partial charge in [0.25, 0.3) is 5.91 Å². The van der Waals surface area contributed by atoms with Crippen molar-refractivity contribution in [1.82, 2.24) is 0 Å². The number of carbonyl (C=O) groups excluding carboxylic acids is 1. The lowest BCUT2D eigenvalue weighted by Gasteiger charge is -2.22. The van der Waals surface area contributed by atoms with Crippen LogP contribution in [0.25, 0.3) is 21.9 Å². The summed E-state index contributed by atoms with van der Waals surface area (Å²) in [5, 5.41) is 5.07. The molecular formula is C25H23NO3. The highest BCUT2D eigenvalue weighted by atomic mass is 16.5. The average molecular weight is 385 g/mol. The van der Waals surface area contributed by atoms with E-state index in [-0.39, 0.29) is 5.91 Å². The third kappa shape index (κ3) is 3.35. The van der Waals surface area contributed by atoms with E-state index in [1.165, 1.54) is 24.0 Å². The van der Waals surface area contributed by atoms with E-state index >= 15 is 0 Å². The fraction of sp³-hybridized carbons (Fsp3) is 0.240. The smallest absolute Gasteiger partial charge is 0.265 e. The summed E-state index contributed by atoms with van der Waals surface area (Å²) in [6.07, 6.45) is 3.91. The molecule has 1 aliphatic rings. The summed E-state index contributed by atoms with van der Waals surface area (Å²) in [6.45, 7) is 1.79. The Hall–Kier alpha value is -3.27. The SMILES string of the molecule is C[C@@H](Oc1cccc2c1CCCC2)C(=O)Nc1ccc2c(c1)oc1ccccc12. The second-order valence-electron chi connectivity index (χ2n) is 7.66. The van der Waals surface area contributed by atoms with E-state index in [1.807, 2.05) is 54.6 Å². The van der Waals surface area contributed by atoms with Gasteiger partial charge in [-0.05, 0) is 68.0 Å². The second-order valence-corrected chi connectivity index (χ2v) is 7.66. The highest BCUT2D eigenvalue weighted by Gasteiger charge is 2.20. The summed E-state index contributed by atoms with van der Waals surface area (Å²) < 4.78 is 12.0. The molecule has 0 fully saturated rings. The van der Waals surface area contributed by atoms with Crippen molar-refractivity contribution in [3.8, 4) is 5.75 Å². The van der Waals surface area contributed by atoms with E-state index < -0.39 is 6.10 Å². The molecule has 3 aromatic carbocycles. The normalized spacial score (nSPS) is 14.5. The first-order valence-electron chi connectivity index (χ1n) is 10.2. The van der Waals surface area contributed by atoms with Crippen molar-refractivity contribution in [3.63, 3.8) is 0 Å². The molecular weight excluding hydrogens is 362 g/mol. The van der Waals surface area contributed by atoms with Crippen LogP contribution in [0.5, 0.6) is 5.75 Å². The Morgan fingerprint density at radius 3 is 2.72 bits per heavy atom. The molecule has 1 heterocycles. The summed E-state index contributed by atoms with van der Waals surface area (Å²) in [7, 11) is 0. The van der Waals surface area contributed by atoms with Gasteiger partial charge in [0.2, 0.25) is 0 Å². The van der Waals surface area contributed by atoms with E-state index in [1.54, 1.807) is 6.92 Å². The van der Waals surface area contributed by atoms with Crippen molar-refractivity contribution < 1.29 is 13.9 Å². The molecule has 4 aromatic rings. The molecule has 1 amide bonds. The lowest BCUT2D eigenvalue weighted by molar-refractivity contribution is -0.122. The lowest BCUT2D eigenvalue weighted by Crippen LogP contribution is -2.30. The third-order valence-corrected chi connectivity index (χ3v) is 5.67. The van der Waals surface area contributed by atoms with Crippen LogP contribution in [0.3, 0.4) is 0 Å². The Labute approximate surface area is 169 Å². The largest absolute Gasteiger partial charge is 0.481 e. The Bertz CT molecular complexity index is 1210. The Kier molecular flexibility index (Phi) is 4.47. The minimum Gasteiger partial charge on any atom is -0.481 e. The number of carbonyl (C=O) groups is 1. The molecule has 1 atom stereocenters. The fourth-order valence-electron chi connectivity index (χ4n) is 4.15. The van der Waals surface area contributed by atoms with Crippen LogP contribution in [0.1, 0.15) is 30.9 Å². The standard InChI is InChI=1S/C25H23NO3/c1-16(28-22-12-6-8-17-7-2-3-9-19(17)22)25(27)26-18-13-14-21-20-10-4-5-11-23(20)29-24(21)15-18/h4-6,8,10-16H,2-3,7,9H2,1H3,(H,26,27)/t16-/m1/s1. The molecule has 4 nitrogen and oxygen atoms in total. The molecule has 1 aromatic heterocycles. The van der Waals surface area contributed by atoms with Gasteiger partial charge in [-0.25, -0.2) is 0 Å². The van der Waals surface area contributed by atoms with Gasteiger partial charge in [0.1, 0.15) is 16.9 Å². The van der Waals surface area contributed by atoms with Gasteiger partial charge in [0.05, 0.1) is 0 Å². The highest BCUT2D eigenvalue weighted by Crippen LogP contribution is 2.32. The molecule has 29 heavy (non-hydrogen) atoms. The van der Waals surface area contributed by atoms with Crippen LogP contribution < -0.4 is 10.1 Å². The lowest BCUT2D eigenvalue weighted by atomic mass is 9.91. The Morgan fingerprint density at radius 1 is 0.966 bits per heavy atom. The molecule has 0 bridgehead atoms. The number of furan rings is 1. The molecule has 0 aliphatic heterocycles. The summed E-state index contributed by atoms with van der Waals surface area (Å²) >= 11 is 0. The topological polar surface area (TPSA) is 51.5 Å². The number of ether oxygens (including phenoxy) is 1. The van der Waals surface area contributed by atoms with Gasteiger partial charge in [-0.1, -0.05) is 30.3 Å². The molecule has 1 N–H and O–H groups in total. The van der Waals surface area contributed by atoms with Crippen LogP contribution in [0.2, 0.25) is 0 Å². The minimum atomic E-state index is -0.588. The first kappa shape index (κ1) is 17.8. The van der Waals surface area contributed by atoms with E-state index in [4.69, 9.17) is 9.15 Å². The fourth-order valence-corrected chi connectivity index (χ4v) is 4.15. The first-order chi connectivity index (χ1) is 14.2. The zero-order valence-electron chi connectivity index (χ0n) is 16.4. The Balaban J connectivity index is 1.34. The van der Waals surface area contributed by atoms with Crippen molar-refractivity contribution in [2.75, 3.05) is 5.32 Å². The number of para-hydroxylation sites is 1. The molecule has 0 radical (unpaired) electrons. The zero-order valence-corrected chi connectivity index (χ0v) is 16.4. The number of hydrogen-bond donors (Lipinski definition) is 1. The molecule has 0 spiro atoms. The maximum atomic E-state index is 12.7. The summed E-state index contributed by atoms with van der Waals surface area (Å²) in [4.78, 5) is 12.7. The van der Waals surface area contributed by atoms with Crippen LogP contribution in [0, 0.1) is 0 Å². The monoisotopic (exact) mass is 385 g/mol. The van der Waals surface area contributed by atoms with Crippen LogP contribution in [0.15, 0.2) is 65.1 Å². The predicted molar refractivity (Wildman–Crippen MR) is 116 cm³/mol. The molecule has 5 rings (SSSR count). The van der Waals surface area contributed by atoms with Gasteiger partial charge in [-0.15, -0.1) is 0 Å². The van der Waals surface area contributed by atoms with E-state index in [0.717, 1.165) is 40.5 Å². The highest BCUT2D eigenvalue weighted by molar-refractivity contribution is 6.06. The number of anilines is 1. The summed E-state index contributed by atoms with van der Waals surface area (Å²) in [5.41, 5.74) is 4.90. The zero-order chi connectivity index (χ0) is 19.8. The Morgan fingerprint density at radius 2 is 1.79 bits per heavy atom. The van der Waals surface area contributed by atoms with Gasteiger partial charge in [-0.2, -0.15) is 0 Å². The minimum absolute atomic E-state index is 0.172. The summed E-state index contributed by atoms with van der Waals surface area (Å²) in [5.74, 6) is 0.659. The van der Waals surface area contributed by atoms with Crippen molar-refractivity contribution in [1.29, 1.82) is 0 Å². The van der Waals surface area contributed by atoms with Crippen molar-refractivity contribution in [2.45, 2.75) is 38.7 Å². The van der Waals surface area contributed by atoms with Crippen molar-refractivity contribution in [3.05, 3.63) is 71.8 Å². The molecule has 0 saturated heterocycles. The number of benzene rings is 3. The maximum absolute atomic E-state index is 12.7. The van der Waals surface area contributed by atoms with Gasteiger partial charge >= 0.3 is 0 Å². The maximum Gasteiger partial charge on any atom is 0.265 e. The van der Waals surface area contributed by atoms with E-state index in [0.29, 0.717) is 5.69 Å². The van der Waals surface area contributed by atoms with Crippen LogP contribution in [0.4, 0.5) is 5.69 Å². The van der Waals surface area contributed by atoms with Crippen LogP contribution in [-0.2, 0) is 17.6 Å². The molecule has 0 unspecified atom stereocenters. The molecule has 0 saturated carbocycles. The number of nitrogens with one attached hydrogen (secondary N) is 1. The first-order valence-corrected chi connectivity index (χ1v) is 10.2. The third-order valence-electron chi connectivity index (χ3n) is 5.67. The van der Waals surface area contributed by atoms with Gasteiger partial charge in [0, 0.05) is 22.5 Å². The number of hydrogen-bond acceptors (Lipinski definition) is 3. The second kappa shape index (κ2) is 7.28. The molecule has 146 valence electrons.